The van der Waals surface area contributed by atoms with Gasteiger partial charge in [-0.3, -0.25) is 4.79 Å². The molecule has 26 heavy (non-hydrogen) atoms. The minimum absolute atomic E-state index is 0.108. The Morgan fingerprint density at radius 1 is 1.27 bits per heavy atom. The van der Waals surface area contributed by atoms with Gasteiger partial charge in [0.2, 0.25) is 0 Å². The van der Waals surface area contributed by atoms with E-state index < -0.39 is 5.97 Å². The molecular weight excluding hydrogens is 350 g/mol. The number of nitrogens with one attached hydrogen (secondary N) is 1. The molecule has 1 atom stereocenters. The van der Waals surface area contributed by atoms with Crippen molar-refractivity contribution in [2.24, 2.45) is 5.92 Å². The maximum atomic E-state index is 12.3. The van der Waals surface area contributed by atoms with Gasteiger partial charge in [-0.1, -0.05) is 24.6 Å². The van der Waals surface area contributed by atoms with Crippen LogP contribution in [0.4, 0.5) is 5.00 Å². The number of hydrogen-bond donors (Lipinski definition) is 1. The molecule has 138 valence electrons. The Hall–Kier alpha value is -2.34. The highest BCUT2D eigenvalue weighted by Gasteiger charge is 2.28. The number of ether oxygens (including phenoxy) is 2. The van der Waals surface area contributed by atoms with Crippen LogP contribution in [0.25, 0.3) is 0 Å². The van der Waals surface area contributed by atoms with Gasteiger partial charge in [-0.05, 0) is 49.8 Å². The standard InChI is InChI=1S/C20H23NO4S/c1-12-4-7-14(8-5-12)25-11-17(22)21-19-18(20(23)24-3)15-9-6-13(2)10-16(15)26-19/h4-5,7-8,13H,6,9-11H2,1-3H3,(H,21,22). The summed E-state index contributed by atoms with van der Waals surface area (Å²) in [6.45, 7) is 4.08. The number of anilines is 1. The second-order valence-corrected chi connectivity index (χ2v) is 7.80. The smallest absolute Gasteiger partial charge is 0.341 e. The Balaban J connectivity index is 1.73. The van der Waals surface area contributed by atoms with E-state index in [0.717, 1.165) is 30.4 Å². The number of aryl methyl sites for hydroxylation is 1. The van der Waals surface area contributed by atoms with Crippen molar-refractivity contribution in [2.75, 3.05) is 19.0 Å². The summed E-state index contributed by atoms with van der Waals surface area (Å²) in [5, 5.41) is 3.40. The Morgan fingerprint density at radius 2 is 2.00 bits per heavy atom. The number of carbonyl (C=O) groups is 2. The molecule has 1 heterocycles. The van der Waals surface area contributed by atoms with Gasteiger partial charge in [0.1, 0.15) is 10.8 Å². The van der Waals surface area contributed by atoms with Crippen LogP contribution in [0.2, 0.25) is 0 Å². The van der Waals surface area contributed by atoms with Crippen LogP contribution in [-0.2, 0) is 22.4 Å². The molecule has 1 aromatic carbocycles. The summed E-state index contributed by atoms with van der Waals surface area (Å²) in [6, 6.07) is 7.51. The highest BCUT2D eigenvalue weighted by molar-refractivity contribution is 7.17. The van der Waals surface area contributed by atoms with Gasteiger partial charge in [0.25, 0.3) is 5.91 Å². The van der Waals surface area contributed by atoms with Gasteiger partial charge in [-0.2, -0.15) is 0 Å². The normalized spacial score (nSPS) is 15.9. The lowest BCUT2D eigenvalue weighted by Gasteiger charge is -2.18. The monoisotopic (exact) mass is 373 g/mol. The molecule has 6 heteroatoms. The number of hydrogen-bond acceptors (Lipinski definition) is 5. The average Bonchev–Trinajstić information content (AvgIpc) is 2.97. The molecule has 5 nitrogen and oxygen atoms in total. The molecule has 0 saturated heterocycles. The lowest BCUT2D eigenvalue weighted by molar-refractivity contribution is -0.118. The molecule has 2 aromatic rings. The van der Waals surface area contributed by atoms with Crippen molar-refractivity contribution in [3.05, 3.63) is 45.8 Å². The number of carbonyl (C=O) groups excluding carboxylic acids is 2. The molecule has 0 bridgehead atoms. The van der Waals surface area contributed by atoms with Crippen LogP contribution in [0.15, 0.2) is 24.3 Å². The molecular formula is C20H23NO4S. The summed E-state index contributed by atoms with van der Waals surface area (Å²) in [6.07, 6.45) is 2.81. The molecule has 0 saturated carbocycles. The van der Waals surface area contributed by atoms with Crippen molar-refractivity contribution in [3.63, 3.8) is 0 Å². The fourth-order valence-electron chi connectivity index (χ4n) is 3.10. The van der Waals surface area contributed by atoms with E-state index in [4.69, 9.17) is 9.47 Å². The molecule has 0 spiro atoms. The SMILES string of the molecule is COC(=O)c1c(NC(=O)COc2ccc(C)cc2)sc2c1CCC(C)C2. The third-order valence-electron chi connectivity index (χ3n) is 4.55. The first-order valence-corrected chi connectivity index (χ1v) is 9.51. The quantitative estimate of drug-likeness (QED) is 0.805. The molecule has 1 unspecified atom stereocenters. The predicted molar refractivity (Wildman–Crippen MR) is 102 cm³/mol. The molecule has 3 rings (SSSR count). The van der Waals surface area contributed by atoms with Gasteiger partial charge in [-0.25, -0.2) is 4.79 Å². The van der Waals surface area contributed by atoms with Crippen molar-refractivity contribution in [1.29, 1.82) is 0 Å². The van der Waals surface area contributed by atoms with Gasteiger partial charge in [0.05, 0.1) is 12.7 Å². The molecule has 1 amide bonds. The van der Waals surface area contributed by atoms with E-state index in [2.05, 4.69) is 12.2 Å². The minimum atomic E-state index is -0.396. The van der Waals surface area contributed by atoms with E-state index in [1.165, 1.54) is 23.3 Å². The average molecular weight is 373 g/mol. The lowest BCUT2D eigenvalue weighted by atomic mass is 9.88. The van der Waals surface area contributed by atoms with E-state index in [9.17, 15) is 9.59 Å². The van der Waals surface area contributed by atoms with Crippen LogP contribution in [0.3, 0.4) is 0 Å². The van der Waals surface area contributed by atoms with E-state index in [0.29, 0.717) is 22.2 Å². The zero-order chi connectivity index (χ0) is 18.7. The Labute approximate surface area is 157 Å². The summed E-state index contributed by atoms with van der Waals surface area (Å²) in [4.78, 5) is 25.7. The van der Waals surface area contributed by atoms with Gasteiger partial charge in [0.15, 0.2) is 6.61 Å². The third-order valence-corrected chi connectivity index (χ3v) is 5.71. The van der Waals surface area contributed by atoms with Crippen LogP contribution in [-0.4, -0.2) is 25.6 Å². The van der Waals surface area contributed by atoms with Crippen LogP contribution in [0.1, 0.15) is 39.7 Å². The zero-order valence-corrected chi connectivity index (χ0v) is 16.1. The first kappa shape index (κ1) is 18.5. The fourth-order valence-corrected chi connectivity index (χ4v) is 4.52. The topological polar surface area (TPSA) is 64.6 Å². The summed E-state index contributed by atoms with van der Waals surface area (Å²) in [7, 11) is 1.37. The third kappa shape index (κ3) is 4.07. The summed E-state index contributed by atoms with van der Waals surface area (Å²) >= 11 is 1.47. The van der Waals surface area contributed by atoms with Crippen LogP contribution in [0, 0.1) is 12.8 Å². The van der Waals surface area contributed by atoms with Gasteiger partial charge >= 0.3 is 5.97 Å². The highest BCUT2D eigenvalue weighted by Crippen LogP contribution is 2.40. The van der Waals surface area contributed by atoms with Gasteiger partial charge in [0, 0.05) is 4.88 Å². The number of methoxy groups -OCH3 is 1. The molecule has 0 radical (unpaired) electrons. The summed E-state index contributed by atoms with van der Waals surface area (Å²) in [5.41, 5.74) is 2.65. The second kappa shape index (κ2) is 7.91. The maximum Gasteiger partial charge on any atom is 0.341 e. The number of amides is 1. The second-order valence-electron chi connectivity index (χ2n) is 6.70. The largest absolute Gasteiger partial charge is 0.484 e. The first-order valence-electron chi connectivity index (χ1n) is 8.70. The van der Waals surface area contributed by atoms with Crippen molar-refractivity contribution in [1.82, 2.24) is 0 Å². The van der Waals surface area contributed by atoms with Crippen molar-refractivity contribution >= 4 is 28.2 Å². The fraction of sp³-hybridized carbons (Fsp3) is 0.400. The van der Waals surface area contributed by atoms with Crippen molar-refractivity contribution in [2.45, 2.75) is 33.1 Å². The summed E-state index contributed by atoms with van der Waals surface area (Å²) < 4.78 is 10.5. The number of thiophene rings is 1. The maximum absolute atomic E-state index is 12.3. The van der Waals surface area contributed by atoms with Crippen molar-refractivity contribution in [3.8, 4) is 5.75 Å². The Morgan fingerprint density at radius 3 is 2.69 bits per heavy atom. The van der Waals surface area contributed by atoms with Crippen LogP contribution < -0.4 is 10.1 Å². The number of rotatable bonds is 5. The van der Waals surface area contributed by atoms with Crippen molar-refractivity contribution < 1.29 is 19.1 Å². The van der Waals surface area contributed by atoms with E-state index in [1.807, 2.05) is 31.2 Å². The molecule has 0 fully saturated rings. The lowest BCUT2D eigenvalue weighted by Crippen LogP contribution is -2.21. The van der Waals surface area contributed by atoms with Crippen LogP contribution in [0.5, 0.6) is 5.75 Å². The molecule has 1 aliphatic carbocycles. The summed E-state index contributed by atoms with van der Waals surface area (Å²) in [5.74, 6) is 0.535. The zero-order valence-electron chi connectivity index (χ0n) is 15.3. The Bertz CT molecular complexity index is 810. The molecule has 1 aromatic heterocycles. The molecule has 1 aliphatic rings. The highest BCUT2D eigenvalue weighted by atomic mass is 32.1. The number of fused-ring (bicyclic) bond motifs is 1. The van der Waals surface area contributed by atoms with Gasteiger partial charge < -0.3 is 14.8 Å². The van der Waals surface area contributed by atoms with E-state index >= 15 is 0 Å². The number of esters is 1. The Kier molecular flexibility index (Phi) is 5.61. The predicted octanol–water partition coefficient (Wildman–Crippen LogP) is 3.99. The van der Waals surface area contributed by atoms with Gasteiger partial charge in [-0.15, -0.1) is 11.3 Å². The first-order chi connectivity index (χ1) is 12.5. The van der Waals surface area contributed by atoms with E-state index in [1.54, 1.807) is 0 Å². The number of benzene rings is 1. The minimum Gasteiger partial charge on any atom is -0.484 e. The molecule has 0 aliphatic heterocycles. The van der Waals surface area contributed by atoms with Crippen LogP contribution >= 0.6 is 11.3 Å². The van der Waals surface area contributed by atoms with E-state index in [-0.39, 0.29) is 12.5 Å². The molecule has 1 N–H and O–H groups in total.